The Labute approximate surface area is 323 Å². The second-order valence-electron chi connectivity index (χ2n) is 16.0. The van der Waals surface area contributed by atoms with E-state index in [9.17, 15) is 0 Å². The molecule has 0 aromatic heterocycles. The van der Waals surface area contributed by atoms with E-state index >= 15 is 0 Å². The maximum absolute atomic E-state index is 5.57. The molecule has 0 saturated heterocycles. The van der Waals surface area contributed by atoms with Crippen LogP contribution >= 0.6 is 0 Å². The van der Waals surface area contributed by atoms with Crippen LogP contribution in [0, 0.1) is 11.8 Å². The molecule has 1 heteroatoms. The summed E-state index contributed by atoms with van der Waals surface area (Å²) >= 11 is 0. The normalized spacial score (nSPS) is 21.1. The topological polar surface area (TPSA) is 12.4 Å². The molecule has 8 aromatic rings. The van der Waals surface area contributed by atoms with Gasteiger partial charge >= 0.3 is 0 Å². The van der Waals surface area contributed by atoms with Gasteiger partial charge in [-0.05, 0) is 109 Å². The number of hydrogen-bond donors (Lipinski definition) is 0. The highest BCUT2D eigenvalue weighted by molar-refractivity contribution is 6.18. The average molecular weight is 704 g/mol. The van der Waals surface area contributed by atoms with Crippen LogP contribution in [0.4, 0.5) is 0 Å². The third kappa shape index (κ3) is 4.89. The van der Waals surface area contributed by atoms with Gasteiger partial charge in [0.25, 0.3) is 0 Å². The summed E-state index contributed by atoms with van der Waals surface area (Å²) in [6.07, 6.45) is 1.19. The molecule has 11 rings (SSSR count). The van der Waals surface area contributed by atoms with E-state index in [1.54, 1.807) is 0 Å². The zero-order valence-corrected chi connectivity index (χ0v) is 31.2. The molecule has 2 aliphatic carbocycles. The first-order valence-corrected chi connectivity index (χ1v) is 19.7. The van der Waals surface area contributed by atoms with Gasteiger partial charge in [0.05, 0.1) is 11.4 Å². The number of rotatable bonds is 5. The van der Waals surface area contributed by atoms with Gasteiger partial charge in [0.1, 0.15) is 0 Å². The molecule has 0 spiro atoms. The smallest absolute Gasteiger partial charge is 0.0701 e. The summed E-state index contributed by atoms with van der Waals surface area (Å²) in [6.45, 7) is 4.75. The van der Waals surface area contributed by atoms with E-state index in [0.717, 1.165) is 5.70 Å². The molecule has 1 nitrogen and oxygen atoms in total. The van der Waals surface area contributed by atoms with Crippen molar-refractivity contribution in [1.82, 2.24) is 0 Å². The maximum atomic E-state index is 5.57. The highest BCUT2D eigenvalue weighted by atomic mass is 14.8. The quantitative estimate of drug-likeness (QED) is 0.158. The van der Waals surface area contributed by atoms with Crippen LogP contribution in [0.3, 0.4) is 0 Å². The minimum Gasteiger partial charge on any atom is -0.252 e. The van der Waals surface area contributed by atoms with E-state index in [0.29, 0.717) is 17.8 Å². The van der Waals surface area contributed by atoms with Gasteiger partial charge in [-0.3, -0.25) is 4.99 Å². The van der Waals surface area contributed by atoms with Gasteiger partial charge in [-0.2, -0.15) is 0 Å². The number of allylic oxidation sites excluding steroid dienone is 1. The Hall–Kier alpha value is -6.31. The van der Waals surface area contributed by atoms with E-state index < -0.39 is 0 Å². The Morgan fingerprint density at radius 2 is 1.18 bits per heavy atom. The molecule has 8 aromatic carbocycles. The molecule has 0 N–H and O–H groups in total. The summed E-state index contributed by atoms with van der Waals surface area (Å²) in [5, 5.41) is 5.20. The largest absolute Gasteiger partial charge is 0.252 e. The lowest BCUT2D eigenvalue weighted by Gasteiger charge is -2.30. The van der Waals surface area contributed by atoms with Crippen molar-refractivity contribution in [1.29, 1.82) is 0 Å². The third-order valence-corrected chi connectivity index (χ3v) is 13.0. The molecule has 55 heavy (non-hydrogen) atoms. The zero-order valence-electron chi connectivity index (χ0n) is 31.2. The van der Waals surface area contributed by atoms with Crippen molar-refractivity contribution in [3.8, 4) is 22.3 Å². The van der Waals surface area contributed by atoms with Crippen LogP contribution in [-0.4, -0.2) is 5.71 Å². The van der Waals surface area contributed by atoms with E-state index in [-0.39, 0.29) is 5.41 Å². The third-order valence-electron chi connectivity index (χ3n) is 13.0. The predicted octanol–water partition coefficient (Wildman–Crippen LogP) is 13.6. The molecule has 0 radical (unpaired) electrons. The van der Waals surface area contributed by atoms with Crippen LogP contribution in [0.5, 0.6) is 0 Å². The van der Waals surface area contributed by atoms with Gasteiger partial charge in [-0.25, -0.2) is 0 Å². The van der Waals surface area contributed by atoms with Crippen molar-refractivity contribution >= 4 is 33.0 Å². The van der Waals surface area contributed by atoms with Crippen LogP contribution in [-0.2, 0) is 5.41 Å². The van der Waals surface area contributed by atoms with E-state index in [4.69, 9.17) is 4.99 Å². The summed E-state index contributed by atoms with van der Waals surface area (Å²) in [5.41, 5.74) is 16.5. The number of benzene rings is 8. The van der Waals surface area contributed by atoms with Gasteiger partial charge in [-0.1, -0.05) is 176 Å². The lowest BCUT2D eigenvalue weighted by Crippen LogP contribution is -2.22. The molecule has 1 saturated carbocycles. The van der Waals surface area contributed by atoms with Gasteiger partial charge in [0.2, 0.25) is 0 Å². The molecule has 1 fully saturated rings. The summed E-state index contributed by atoms with van der Waals surface area (Å²) in [6, 6.07) is 67.5. The van der Waals surface area contributed by atoms with Crippen LogP contribution in [0.1, 0.15) is 59.6 Å². The molecule has 3 unspecified atom stereocenters. The van der Waals surface area contributed by atoms with Crippen molar-refractivity contribution in [3.63, 3.8) is 0 Å². The molecular weight excluding hydrogens is 663 g/mol. The van der Waals surface area contributed by atoms with Crippen LogP contribution in [0.25, 0.3) is 49.5 Å². The summed E-state index contributed by atoms with van der Waals surface area (Å²) in [7, 11) is 0. The molecule has 262 valence electrons. The first-order valence-electron chi connectivity index (χ1n) is 19.7. The van der Waals surface area contributed by atoms with Crippen molar-refractivity contribution in [2.75, 3.05) is 0 Å². The molecular formula is C54H41N. The van der Waals surface area contributed by atoms with Crippen molar-refractivity contribution in [3.05, 3.63) is 221 Å². The Bertz CT molecular complexity index is 2850. The fourth-order valence-corrected chi connectivity index (χ4v) is 10.3. The van der Waals surface area contributed by atoms with E-state index in [2.05, 4.69) is 196 Å². The lowest BCUT2D eigenvalue weighted by atomic mass is 9.72. The van der Waals surface area contributed by atoms with Crippen molar-refractivity contribution in [2.45, 2.75) is 31.6 Å². The second-order valence-corrected chi connectivity index (χ2v) is 16.0. The Morgan fingerprint density at radius 1 is 0.545 bits per heavy atom. The number of nitrogens with zero attached hydrogens (tertiary/aromatic N) is 1. The highest BCUT2D eigenvalue weighted by Gasteiger charge is 2.49. The van der Waals surface area contributed by atoms with Crippen LogP contribution < -0.4 is 0 Å². The first-order chi connectivity index (χ1) is 27.1. The zero-order chi connectivity index (χ0) is 36.7. The molecule has 0 bridgehead atoms. The van der Waals surface area contributed by atoms with E-state index in [1.165, 1.54) is 94.9 Å². The highest BCUT2D eigenvalue weighted by Crippen LogP contribution is 2.58. The predicted molar refractivity (Wildman–Crippen MR) is 231 cm³/mol. The molecule has 3 aliphatic rings. The number of fused-ring (bicyclic) bond motifs is 8. The van der Waals surface area contributed by atoms with Gasteiger partial charge in [0.15, 0.2) is 0 Å². The maximum Gasteiger partial charge on any atom is 0.0701 e. The molecule has 0 amide bonds. The van der Waals surface area contributed by atoms with Gasteiger partial charge in [0, 0.05) is 22.8 Å². The van der Waals surface area contributed by atoms with E-state index in [1.807, 2.05) is 0 Å². The Balaban J connectivity index is 1.07. The minimum atomic E-state index is -0.278. The molecule has 4 atom stereocenters. The monoisotopic (exact) mass is 703 g/mol. The fourth-order valence-electron chi connectivity index (χ4n) is 10.3. The summed E-state index contributed by atoms with van der Waals surface area (Å²) in [4.78, 5) is 5.57. The number of hydrogen-bond acceptors (Lipinski definition) is 1. The van der Waals surface area contributed by atoms with Crippen LogP contribution in [0.2, 0.25) is 0 Å². The summed E-state index contributed by atoms with van der Waals surface area (Å²) < 4.78 is 0. The SMILES string of the molecule is CC1=C(c2ccc(-c3cc4ccc5c(c4c4ccccc34)[C@@](C)(c3ccccc3)c3ccccc3-5)cc2)N=C(c2ccccc2)C2CC2C1c1ccccc1. The van der Waals surface area contributed by atoms with Gasteiger partial charge in [-0.15, -0.1) is 0 Å². The van der Waals surface area contributed by atoms with Crippen LogP contribution in [0.15, 0.2) is 193 Å². The Morgan fingerprint density at radius 3 is 1.95 bits per heavy atom. The Kier molecular flexibility index (Phi) is 7.23. The lowest BCUT2D eigenvalue weighted by molar-refractivity contribution is 0.674. The second kappa shape index (κ2) is 12.4. The minimum absolute atomic E-state index is 0.278. The average Bonchev–Trinajstić information content (AvgIpc) is 4.00. The number of aliphatic imine (C=N–C) groups is 1. The first kappa shape index (κ1) is 32.1. The standard InChI is InChI=1S/C54H41N/c1-34-49(36-16-6-3-7-17-36)46-33-47(46)53(37-18-8-4-9-19-37)55-52(34)38-28-26-35(27-29-38)45-32-39-30-31-44-42-23-14-15-25-48(42)54(2,40-20-10-5-11-21-40)51(44)50(39)43-24-13-12-22-41(43)45/h3-32,46-47,49H,33H2,1-2H3/t46?,47?,49?,54-/m0/s1. The summed E-state index contributed by atoms with van der Waals surface area (Å²) in [5.74, 6) is 1.39. The molecule has 1 heterocycles. The van der Waals surface area contributed by atoms with Crippen molar-refractivity contribution < 1.29 is 0 Å². The van der Waals surface area contributed by atoms with Gasteiger partial charge < -0.3 is 0 Å². The fraction of sp³-hybridized carbons (Fsp3) is 0.130. The van der Waals surface area contributed by atoms with Crippen molar-refractivity contribution in [2.24, 2.45) is 16.8 Å². The molecule has 1 aliphatic heterocycles.